The predicted octanol–water partition coefficient (Wildman–Crippen LogP) is 2.68. The second kappa shape index (κ2) is 6.91. The number of amides is 1. The Morgan fingerprint density at radius 3 is 2.68 bits per heavy atom. The first-order valence-electron chi connectivity index (χ1n) is 6.23. The zero-order chi connectivity index (χ0) is 14.5. The lowest BCUT2D eigenvalue weighted by atomic mass is 9.89. The van der Waals surface area contributed by atoms with Crippen LogP contribution in [0.2, 0.25) is 0 Å². The van der Waals surface area contributed by atoms with E-state index in [-0.39, 0.29) is 29.2 Å². The maximum atomic E-state index is 11.8. The summed E-state index contributed by atoms with van der Waals surface area (Å²) < 4.78 is 0.728. The van der Waals surface area contributed by atoms with Crippen LogP contribution in [-0.4, -0.2) is 29.3 Å². The third-order valence-corrected chi connectivity index (χ3v) is 3.44. The van der Waals surface area contributed by atoms with Crippen molar-refractivity contribution in [2.24, 2.45) is 5.41 Å². The topological polar surface area (TPSA) is 69.6 Å². The second-order valence-corrected chi connectivity index (χ2v) is 6.26. The van der Waals surface area contributed by atoms with Crippen LogP contribution in [0.25, 0.3) is 0 Å². The van der Waals surface area contributed by atoms with E-state index < -0.39 is 0 Å². The molecule has 0 unspecified atom stereocenters. The maximum Gasteiger partial charge on any atom is 0.255 e. The van der Waals surface area contributed by atoms with E-state index in [1.54, 1.807) is 12.1 Å². The quantitative estimate of drug-likeness (QED) is 0.703. The Labute approximate surface area is 122 Å². The molecule has 0 radical (unpaired) electrons. The van der Waals surface area contributed by atoms with E-state index in [0.717, 1.165) is 17.3 Å². The number of hydrogen-bond donors (Lipinski definition) is 3. The van der Waals surface area contributed by atoms with Crippen molar-refractivity contribution >= 4 is 21.8 Å². The lowest BCUT2D eigenvalue weighted by Crippen LogP contribution is -2.26. The number of carbonyl (C=O) groups is 1. The lowest BCUT2D eigenvalue weighted by molar-refractivity contribution is 0.0946. The van der Waals surface area contributed by atoms with Crippen LogP contribution in [0.1, 0.15) is 37.0 Å². The van der Waals surface area contributed by atoms with Gasteiger partial charge in [-0.1, -0.05) is 29.8 Å². The fourth-order valence-corrected chi connectivity index (χ4v) is 1.99. The van der Waals surface area contributed by atoms with E-state index >= 15 is 0 Å². The van der Waals surface area contributed by atoms with Gasteiger partial charge in [0.05, 0.1) is 5.56 Å². The molecule has 0 aliphatic heterocycles. The summed E-state index contributed by atoms with van der Waals surface area (Å²) in [5.41, 5.74) is 0.148. The number of rotatable bonds is 6. The van der Waals surface area contributed by atoms with Gasteiger partial charge in [-0.05, 0) is 36.5 Å². The molecular formula is C14H20BrNO3. The van der Waals surface area contributed by atoms with Crippen LogP contribution >= 0.6 is 15.9 Å². The van der Waals surface area contributed by atoms with Crippen molar-refractivity contribution in [1.29, 1.82) is 0 Å². The Balaban J connectivity index is 2.44. The van der Waals surface area contributed by atoms with E-state index in [9.17, 15) is 9.90 Å². The molecule has 0 spiro atoms. The molecule has 0 aliphatic rings. The van der Waals surface area contributed by atoms with Crippen molar-refractivity contribution in [2.75, 3.05) is 13.2 Å². The lowest BCUT2D eigenvalue weighted by Gasteiger charge is -2.21. The molecule has 0 saturated heterocycles. The number of halogens is 1. The Morgan fingerprint density at radius 1 is 1.42 bits per heavy atom. The zero-order valence-electron chi connectivity index (χ0n) is 11.2. The highest BCUT2D eigenvalue weighted by atomic mass is 79.9. The van der Waals surface area contributed by atoms with Gasteiger partial charge in [-0.15, -0.1) is 0 Å². The number of hydrogen-bond acceptors (Lipinski definition) is 3. The molecule has 0 aromatic heterocycles. The van der Waals surface area contributed by atoms with Gasteiger partial charge in [0.25, 0.3) is 5.91 Å². The molecule has 0 heterocycles. The summed E-state index contributed by atoms with van der Waals surface area (Å²) in [6, 6.07) is 4.78. The van der Waals surface area contributed by atoms with Gasteiger partial charge in [0.15, 0.2) is 0 Å². The van der Waals surface area contributed by atoms with Gasteiger partial charge < -0.3 is 15.5 Å². The van der Waals surface area contributed by atoms with Crippen LogP contribution in [0.4, 0.5) is 0 Å². The summed E-state index contributed by atoms with van der Waals surface area (Å²) in [5, 5.41) is 21.5. The van der Waals surface area contributed by atoms with Gasteiger partial charge in [0.1, 0.15) is 5.75 Å². The number of benzene rings is 1. The molecule has 0 atom stereocenters. The average molecular weight is 330 g/mol. The van der Waals surface area contributed by atoms with Gasteiger partial charge in [-0.25, -0.2) is 0 Å². The van der Waals surface area contributed by atoms with Crippen molar-refractivity contribution < 1.29 is 15.0 Å². The molecule has 1 aromatic rings. The highest BCUT2D eigenvalue weighted by molar-refractivity contribution is 9.10. The SMILES string of the molecule is CC(C)(CO)CCCNC(=O)c1ccc(Br)cc1O. The smallest absolute Gasteiger partial charge is 0.255 e. The minimum atomic E-state index is -0.285. The number of aliphatic hydroxyl groups is 1. The molecule has 19 heavy (non-hydrogen) atoms. The normalized spacial score (nSPS) is 11.4. The Hall–Kier alpha value is -1.07. The van der Waals surface area contributed by atoms with Gasteiger partial charge in [-0.2, -0.15) is 0 Å². The summed E-state index contributed by atoms with van der Waals surface area (Å²) >= 11 is 3.22. The number of phenolic OH excluding ortho intramolecular Hbond substituents is 1. The summed E-state index contributed by atoms with van der Waals surface area (Å²) in [6.07, 6.45) is 1.62. The number of nitrogens with one attached hydrogen (secondary N) is 1. The predicted molar refractivity (Wildman–Crippen MR) is 78.2 cm³/mol. The van der Waals surface area contributed by atoms with Crippen molar-refractivity contribution in [2.45, 2.75) is 26.7 Å². The largest absolute Gasteiger partial charge is 0.507 e. The van der Waals surface area contributed by atoms with Crippen LogP contribution in [0.15, 0.2) is 22.7 Å². The fourth-order valence-electron chi connectivity index (χ4n) is 1.64. The minimum absolute atomic E-state index is 0.0393. The summed E-state index contributed by atoms with van der Waals surface area (Å²) in [6.45, 7) is 4.62. The Kier molecular flexibility index (Phi) is 5.82. The average Bonchev–Trinajstić information content (AvgIpc) is 2.34. The number of phenols is 1. The molecule has 1 rings (SSSR count). The van der Waals surface area contributed by atoms with E-state index in [2.05, 4.69) is 21.2 Å². The first kappa shape index (κ1) is 16.0. The highest BCUT2D eigenvalue weighted by Gasteiger charge is 2.16. The second-order valence-electron chi connectivity index (χ2n) is 5.34. The van der Waals surface area contributed by atoms with Crippen LogP contribution in [0.5, 0.6) is 5.75 Å². The minimum Gasteiger partial charge on any atom is -0.507 e. The fraction of sp³-hybridized carbons (Fsp3) is 0.500. The molecule has 0 saturated carbocycles. The van der Waals surface area contributed by atoms with E-state index in [1.807, 2.05) is 13.8 Å². The third kappa shape index (κ3) is 5.20. The van der Waals surface area contributed by atoms with Crippen LogP contribution < -0.4 is 5.32 Å². The van der Waals surface area contributed by atoms with Crippen molar-refractivity contribution in [3.63, 3.8) is 0 Å². The molecule has 0 fully saturated rings. The molecule has 3 N–H and O–H groups in total. The highest BCUT2D eigenvalue weighted by Crippen LogP contribution is 2.22. The molecule has 0 aliphatic carbocycles. The maximum absolute atomic E-state index is 11.8. The molecule has 1 amide bonds. The molecule has 4 nitrogen and oxygen atoms in total. The molecule has 1 aromatic carbocycles. The van der Waals surface area contributed by atoms with Crippen molar-refractivity contribution in [3.05, 3.63) is 28.2 Å². The van der Waals surface area contributed by atoms with E-state index in [0.29, 0.717) is 6.54 Å². The summed E-state index contributed by atoms with van der Waals surface area (Å²) in [4.78, 5) is 11.8. The summed E-state index contributed by atoms with van der Waals surface area (Å²) in [5.74, 6) is -0.325. The molecule has 0 bridgehead atoms. The Morgan fingerprint density at radius 2 is 2.11 bits per heavy atom. The van der Waals surface area contributed by atoms with E-state index in [4.69, 9.17) is 5.11 Å². The van der Waals surface area contributed by atoms with Gasteiger partial charge >= 0.3 is 0 Å². The van der Waals surface area contributed by atoms with Gasteiger partial charge in [-0.3, -0.25) is 4.79 Å². The first-order chi connectivity index (χ1) is 8.85. The Bertz CT molecular complexity index is 446. The van der Waals surface area contributed by atoms with Gasteiger partial charge in [0.2, 0.25) is 0 Å². The van der Waals surface area contributed by atoms with E-state index in [1.165, 1.54) is 6.07 Å². The number of aliphatic hydroxyl groups excluding tert-OH is 1. The van der Waals surface area contributed by atoms with Gasteiger partial charge in [0, 0.05) is 17.6 Å². The molecule has 106 valence electrons. The third-order valence-electron chi connectivity index (χ3n) is 2.95. The molecular weight excluding hydrogens is 310 g/mol. The van der Waals surface area contributed by atoms with Crippen molar-refractivity contribution in [1.82, 2.24) is 5.32 Å². The van der Waals surface area contributed by atoms with Crippen LogP contribution in [0, 0.1) is 5.41 Å². The van der Waals surface area contributed by atoms with Crippen molar-refractivity contribution in [3.8, 4) is 5.75 Å². The van der Waals surface area contributed by atoms with Crippen LogP contribution in [-0.2, 0) is 0 Å². The number of carbonyl (C=O) groups excluding carboxylic acids is 1. The molecule has 5 heteroatoms. The monoisotopic (exact) mass is 329 g/mol. The zero-order valence-corrected chi connectivity index (χ0v) is 12.8. The number of aromatic hydroxyl groups is 1. The standard InChI is InChI=1S/C14H20BrNO3/c1-14(2,9-17)6-3-7-16-13(19)11-5-4-10(15)8-12(11)18/h4-5,8,17-18H,3,6-7,9H2,1-2H3,(H,16,19). The first-order valence-corrected chi connectivity index (χ1v) is 7.02. The van der Waals surface area contributed by atoms with Crippen LogP contribution in [0.3, 0.4) is 0 Å². The summed E-state index contributed by atoms with van der Waals surface area (Å²) in [7, 11) is 0.